The molecule has 1 aliphatic heterocycles. The van der Waals surface area contributed by atoms with Crippen molar-refractivity contribution >= 4 is 17.4 Å². The van der Waals surface area contributed by atoms with Crippen LogP contribution in [0.5, 0.6) is 0 Å². The third-order valence-electron chi connectivity index (χ3n) is 3.85. The average molecular weight is 294 g/mol. The minimum Gasteiger partial charge on any atom is -0.393 e. The highest BCUT2D eigenvalue weighted by atomic mass is 16.6. The van der Waals surface area contributed by atoms with Gasteiger partial charge in [0.25, 0.3) is 11.6 Å². The largest absolute Gasteiger partial charge is 0.393 e. The molecule has 1 unspecified atom stereocenters. The van der Waals surface area contributed by atoms with Crippen LogP contribution < -0.4 is 5.73 Å². The van der Waals surface area contributed by atoms with Crippen LogP contribution in [0.4, 0.5) is 11.5 Å². The van der Waals surface area contributed by atoms with Gasteiger partial charge in [0.05, 0.1) is 16.6 Å². The molecule has 0 radical (unpaired) electrons. The van der Waals surface area contributed by atoms with Crippen molar-refractivity contribution < 1.29 is 14.8 Å². The van der Waals surface area contributed by atoms with Gasteiger partial charge >= 0.3 is 0 Å². The first kappa shape index (κ1) is 15.2. The van der Waals surface area contributed by atoms with Crippen LogP contribution in [0.1, 0.15) is 30.1 Å². The number of amides is 1. The van der Waals surface area contributed by atoms with Crippen LogP contribution in [-0.4, -0.2) is 45.0 Å². The molecule has 8 heteroatoms. The number of aliphatic hydroxyl groups excluding tert-OH is 1. The Bertz CT molecular complexity index is 553. The van der Waals surface area contributed by atoms with Gasteiger partial charge in [-0.1, -0.05) is 0 Å². The number of nitrogens with two attached hydrogens (primary N) is 1. The maximum absolute atomic E-state index is 12.4. The van der Waals surface area contributed by atoms with Gasteiger partial charge in [-0.3, -0.25) is 14.9 Å². The molecule has 0 saturated carbocycles. The van der Waals surface area contributed by atoms with E-state index < -0.39 is 11.0 Å². The van der Waals surface area contributed by atoms with Crippen molar-refractivity contribution in [1.82, 2.24) is 9.88 Å². The Kier molecular flexibility index (Phi) is 4.37. The van der Waals surface area contributed by atoms with Crippen molar-refractivity contribution in [2.75, 3.05) is 18.8 Å². The first-order valence-corrected chi connectivity index (χ1v) is 6.77. The van der Waals surface area contributed by atoms with Gasteiger partial charge in [0.1, 0.15) is 12.0 Å². The molecule has 0 bridgehead atoms. The summed E-state index contributed by atoms with van der Waals surface area (Å²) in [5, 5.41) is 20.3. The van der Waals surface area contributed by atoms with Gasteiger partial charge in [-0.15, -0.1) is 0 Å². The molecule has 1 aromatic rings. The fraction of sp³-hybridized carbons (Fsp3) is 0.538. The van der Waals surface area contributed by atoms with E-state index in [-0.39, 0.29) is 28.9 Å². The second kappa shape index (κ2) is 6.04. The number of hydrogen-bond acceptors (Lipinski definition) is 6. The Hall–Kier alpha value is -2.22. The predicted molar refractivity (Wildman–Crippen MR) is 75.6 cm³/mol. The van der Waals surface area contributed by atoms with E-state index in [0.29, 0.717) is 25.9 Å². The van der Waals surface area contributed by atoms with Crippen LogP contribution in [0, 0.1) is 16.0 Å². The predicted octanol–water partition coefficient (Wildman–Crippen LogP) is 0.805. The Morgan fingerprint density at radius 1 is 1.57 bits per heavy atom. The van der Waals surface area contributed by atoms with E-state index in [1.165, 1.54) is 0 Å². The molecule has 1 saturated heterocycles. The molecule has 1 fully saturated rings. The van der Waals surface area contributed by atoms with Gasteiger partial charge in [0.2, 0.25) is 0 Å². The summed E-state index contributed by atoms with van der Waals surface area (Å²) in [4.78, 5) is 27.8. The summed E-state index contributed by atoms with van der Waals surface area (Å²) in [5.41, 5.74) is 5.45. The van der Waals surface area contributed by atoms with E-state index in [1.807, 2.05) is 0 Å². The van der Waals surface area contributed by atoms with Crippen molar-refractivity contribution in [3.05, 3.63) is 27.9 Å². The number of likely N-dealkylation sites (tertiary alicyclic amines) is 1. The van der Waals surface area contributed by atoms with Crippen LogP contribution in [0.2, 0.25) is 0 Å². The topological polar surface area (TPSA) is 123 Å². The fourth-order valence-corrected chi connectivity index (χ4v) is 2.49. The Balaban J connectivity index is 2.14. The summed E-state index contributed by atoms with van der Waals surface area (Å²) >= 11 is 0. The molecule has 8 nitrogen and oxygen atoms in total. The van der Waals surface area contributed by atoms with Crippen LogP contribution in [0.15, 0.2) is 12.3 Å². The minimum absolute atomic E-state index is 0.0109. The summed E-state index contributed by atoms with van der Waals surface area (Å²) in [6, 6.07) is 1.16. The molecule has 3 N–H and O–H groups in total. The highest BCUT2D eigenvalue weighted by molar-refractivity contribution is 5.98. The van der Waals surface area contributed by atoms with Crippen LogP contribution in [-0.2, 0) is 0 Å². The number of carbonyl (C=O) groups is 1. The van der Waals surface area contributed by atoms with E-state index in [2.05, 4.69) is 4.98 Å². The zero-order chi connectivity index (χ0) is 15.6. The number of carbonyl (C=O) groups excluding carboxylic acids is 1. The highest BCUT2D eigenvalue weighted by Crippen LogP contribution is 2.24. The molecule has 0 aromatic carbocycles. The van der Waals surface area contributed by atoms with E-state index in [1.54, 1.807) is 11.8 Å². The normalized spacial score (nSPS) is 17.5. The number of hydrogen-bond donors (Lipinski definition) is 2. The Morgan fingerprint density at radius 2 is 2.19 bits per heavy atom. The number of aromatic nitrogens is 1. The Morgan fingerprint density at radius 3 is 2.71 bits per heavy atom. The van der Waals surface area contributed by atoms with Crippen molar-refractivity contribution in [2.24, 2.45) is 5.92 Å². The average Bonchev–Trinajstić information content (AvgIpc) is 2.47. The zero-order valence-electron chi connectivity index (χ0n) is 11.7. The summed E-state index contributed by atoms with van der Waals surface area (Å²) < 4.78 is 0. The maximum atomic E-state index is 12.4. The summed E-state index contributed by atoms with van der Waals surface area (Å²) in [7, 11) is 0. The first-order chi connectivity index (χ1) is 9.90. The Labute approximate surface area is 121 Å². The number of nitrogen functional groups attached to an aromatic ring is 1. The minimum atomic E-state index is -0.608. The van der Waals surface area contributed by atoms with Gasteiger partial charge in [0, 0.05) is 19.2 Å². The number of nitrogens with zero attached hydrogens (tertiary/aromatic N) is 3. The van der Waals surface area contributed by atoms with Crippen molar-refractivity contribution in [3.8, 4) is 0 Å². The molecule has 1 amide bonds. The summed E-state index contributed by atoms with van der Waals surface area (Å²) in [6.45, 7) is 2.73. The highest BCUT2D eigenvalue weighted by Gasteiger charge is 2.28. The second-order valence-electron chi connectivity index (χ2n) is 5.25. The molecule has 0 aliphatic carbocycles. The quantitative estimate of drug-likeness (QED) is 0.628. The van der Waals surface area contributed by atoms with Gasteiger partial charge in [0.15, 0.2) is 0 Å². The molecular weight excluding hydrogens is 276 g/mol. The van der Waals surface area contributed by atoms with Crippen molar-refractivity contribution in [3.63, 3.8) is 0 Å². The lowest BCUT2D eigenvalue weighted by atomic mass is 9.92. The number of anilines is 1. The number of pyridine rings is 1. The molecule has 1 aromatic heterocycles. The standard InChI is InChI=1S/C13H18N4O4/c1-8(18)9-2-4-16(5-3-9)13(19)11-6-10(17(20)21)7-15-12(11)14/h6-9,18H,2-5H2,1H3,(H2,14,15). The maximum Gasteiger partial charge on any atom is 0.288 e. The molecule has 2 heterocycles. The number of rotatable bonds is 3. The molecule has 2 rings (SSSR count). The summed E-state index contributed by atoms with van der Waals surface area (Å²) in [5.74, 6) is -0.189. The van der Waals surface area contributed by atoms with Crippen LogP contribution >= 0.6 is 0 Å². The number of aliphatic hydroxyl groups is 1. The molecule has 1 aliphatic rings. The second-order valence-corrected chi connectivity index (χ2v) is 5.25. The van der Waals surface area contributed by atoms with Crippen molar-refractivity contribution in [2.45, 2.75) is 25.9 Å². The smallest absolute Gasteiger partial charge is 0.288 e. The monoisotopic (exact) mass is 294 g/mol. The molecular formula is C13H18N4O4. The van der Waals surface area contributed by atoms with Gasteiger partial charge in [-0.2, -0.15) is 0 Å². The molecule has 1 atom stereocenters. The third kappa shape index (κ3) is 3.27. The van der Waals surface area contributed by atoms with Crippen molar-refractivity contribution in [1.29, 1.82) is 0 Å². The van der Waals surface area contributed by atoms with E-state index >= 15 is 0 Å². The lowest BCUT2D eigenvalue weighted by Crippen LogP contribution is -2.41. The van der Waals surface area contributed by atoms with Crippen LogP contribution in [0.25, 0.3) is 0 Å². The number of piperidine rings is 1. The van der Waals surface area contributed by atoms with E-state index in [9.17, 15) is 20.0 Å². The SMILES string of the molecule is CC(O)C1CCN(C(=O)c2cc([N+](=O)[O-])cnc2N)CC1. The lowest BCUT2D eigenvalue weighted by molar-refractivity contribution is -0.385. The molecule has 0 spiro atoms. The lowest BCUT2D eigenvalue weighted by Gasteiger charge is -2.33. The van der Waals surface area contributed by atoms with E-state index in [0.717, 1.165) is 12.3 Å². The summed E-state index contributed by atoms with van der Waals surface area (Å²) in [6.07, 6.45) is 2.04. The van der Waals surface area contributed by atoms with Gasteiger partial charge in [-0.05, 0) is 25.7 Å². The van der Waals surface area contributed by atoms with E-state index in [4.69, 9.17) is 5.73 Å². The zero-order valence-corrected chi connectivity index (χ0v) is 11.7. The van der Waals surface area contributed by atoms with Crippen LogP contribution in [0.3, 0.4) is 0 Å². The van der Waals surface area contributed by atoms with Gasteiger partial charge < -0.3 is 15.7 Å². The molecule has 114 valence electrons. The third-order valence-corrected chi connectivity index (χ3v) is 3.85. The van der Waals surface area contributed by atoms with Gasteiger partial charge in [-0.25, -0.2) is 4.98 Å². The fourth-order valence-electron chi connectivity index (χ4n) is 2.49. The number of nitro groups is 1. The first-order valence-electron chi connectivity index (χ1n) is 6.77. The molecule has 21 heavy (non-hydrogen) atoms.